The predicted molar refractivity (Wildman–Crippen MR) is 125 cm³/mol. The van der Waals surface area contributed by atoms with Gasteiger partial charge in [-0.3, -0.25) is 24.1 Å². The van der Waals surface area contributed by atoms with E-state index in [9.17, 15) is 4.79 Å². The van der Waals surface area contributed by atoms with E-state index in [-0.39, 0.29) is 11.5 Å². The number of benzene rings is 1. The average molecular weight is 445 g/mol. The van der Waals surface area contributed by atoms with Gasteiger partial charge < -0.3 is 9.72 Å². The number of ether oxygens (including phenoxy) is 1. The van der Waals surface area contributed by atoms with E-state index in [4.69, 9.17) is 4.74 Å². The molecular weight excluding hydrogens is 416 g/mol. The van der Waals surface area contributed by atoms with Crippen LogP contribution in [0, 0.1) is 5.92 Å². The number of hydrogen-bond acceptors (Lipinski definition) is 6. The van der Waals surface area contributed by atoms with Crippen molar-refractivity contribution < 1.29 is 4.74 Å². The van der Waals surface area contributed by atoms with Crippen LogP contribution in [0.5, 0.6) is 0 Å². The van der Waals surface area contributed by atoms with Gasteiger partial charge in [0.05, 0.1) is 17.2 Å². The van der Waals surface area contributed by atoms with E-state index in [1.54, 1.807) is 18.6 Å². The van der Waals surface area contributed by atoms with E-state index < -0.39 is 0 Å². The van der Waals surface area contributed by atoms with Crippen molar-refractivity contribution in [2.24, 2.45) is 5.92 Å². The summed E-state index contributed by atoms with van der Waals surface area (Å²) in [5.41, 5.74) is 4.64. The van der Waals surface area contributed by atoms with E-state index in [1.807, 2.05) is 10.5 Å². The monoisotopic (exact) mass is 444 g/mol. The molecule has 2 unspecified atom stereocenters. The summed E-state index contributed by atoms with van der Waals surface area (Å²) in [5.74, 6) is 2.03. The minimum atomic E-state index is -0.0583. The fraction of sp³-hybridized carbons (Fsp3) is 0.440. The lowest BCUT2D eigenvalue weighted by Gasteiger charge is -2.21. The average Bonchev–Trinajstić information content (AvgIpc) is 3.43. The Kier molecular flexibility index (Phi) is 5.19. The van der Waals surface area contributed by atoms with Gasteiger partial charge in [0, 0.05) is 69.0 Å². The fourth-order valence-electron chi connectivity index (χ4n) is 5.46. The van der Waals surface area contributed by atoms with Gasteiger partial charge in [-0.25, -0.2) is 4.98 Å². The number of rotatable bonds is 4. The largest absolute Gasteiger partial charge is 0.381 e. The Morgan fingerprint density at radius 2 is 1.91 bits per heavy atom. The van der Waals surface area contributed by atoms with Crippen LogP contribution < -0.4 is 5.56 Å². The Labute approximate surface area is 191 Å². The highest BCUT2D eigenvalue weighted by Crippen LogP contribution is 2.33. The van der Waals surface area contributed by atoms with E-state index in [2.05, 4.69) is 50.1 Å². The quantitative estimate of drug-likeness (QED) is 0.520. The van der Waals surface area contributed by atoms with Crippen LogP contribution in [0.4, 0.5) is 0 Å². The molecule has 2 saturated heterocycles. The Hall–Kier alpha value is -3.10. The highest BCUT2D eigenvalue weighted by atomic mass is 16.5. The van der Waals surface area contributed by atoms with Crippen LogP contribution in [0.1, 0.15) is 48.7 Å². The lowest BCUT2D eigenvalue weighted by atomic mass is 9.95. The zero-order valence-electron chi connectivity index (χ0n) is 18.8. The summed E-state index contributed by atoms with van der Waals surface area (Å²) in [5, 5.41) is 0. The zero-order valence-corrected chi connectivity index (χ0v) is 18.8. The van der Waals surface area contributed by atoms with Gasteiger partial charge in [0.1, 0.15) is 11.3 Å². The molecule has 0 bridgehead atoms. The summed E-state index contributed by atoms with van der Waals surface area (Å²) in [7, 11) is 0. The zero-order chi connectivity index (χ0) is 22.4. The fourth-order valence-corrected chi connectivity index (χ4v) is 5.46. The molecule has 3 aromatic heterocycles. The summed E-state index contributed by atoms with van der Waals surface area (Å²) in [4.78, 5) is 31.9. The molecule has 2 fully saturated rings. The van der Waals surface area contributed by atoms with Gasteiger partial charge in [0.15, 0.2) is 0 Å². The van der Waals surface area contributed by atoms with Gasteiger partial charge in [-0.2, -0.15) is 0 Å². The molecule has 1 aromatic carbocycles. The Morgan fingerprint density at radius 3 is 2.76 bits per heavy atom. The molecule has 0 saturated carbocycles. The first-order valence-electron chi connectivity index (χ1n) is 11.8. The molecule has 2 aliphatic rings. The van der Waals surface area contributed by atoms with Gasteiger partial charge in [0.2, 0.25) is 0 Å². The van der Waals surface area contributed by atoms with Crippen LogP contribution in [0.25, 0.3) is 16.6 Å². The maximum absolute atomic E-state index is 12.9. The predicted octanol–water partition coefficient (Wildman–Crippen LogP) is 3.10. The van der Waals surface area contributed by atoms with Gasteiger partial charge in [-0.1, -0.05) is 13.0 Å². The molecule has 1 N–H and O–H groups in total. The maximum atomic E-state index is 12.9. The van der Waals surface area contributed by atoms with E-state index >= 15 is 0 Å². The van der Waals surface area contributed by atoms with Crippen molar-refractivity contribution in [2.75, 3.05) is 26.3 Å². The summed E-state index contributed by atoms with van der Waals surface area (Å²) in [6.07, 6.45) is 9.18. The molecule has 0 aliphatic carbocycles. The van der Waals surface area contributed by atoms with Gasteiger partial charge in [0.25, 0.3) is 5.56 Å². The van der Waals surface area contributed by atoms with Crippen LogP contribution in [0.3, 0.4) is 0 Å². The number of aromatic nitrogens is 5. The minimum Gasteiger partial charge on any atom is -0.381 e. The lowest BCUT2D eigenvalue weighted by molar-refractivity contribution is 0.0835. The number of likely N-dealkylation sites (tertiary alicyclic amines) is 1. The molecular formula is C25H28N6O2. The second kappa shape index (κ2) is 8.35. The maximum Gasteiger partial charge on any atom is 0.274 e. The topological polar surface area (TPSA) is 88.4 Å². The second-order valence-corrected chi connectivity index (χ2v) is 9.45. The highest BCUT2D eigenvalue weighted by Gasteiger charge is 2.32. The standard InChI is InChI=1S/C25H28N6O2/c1-16-12-30(13-17-2-3-20-21(10-17)27-7-6-26-20)14-19(16)22-15-31-23(25(32)29-22)11-28-24(31)18-4-8-33-9-5-18/h2-3,6-7,10-11,15-16,18-19H,4-5,8-9,12-14H2,1H3,(H,29,32). The molecule has 0 amide bonds. The SMILES string of the molecule is CC1CN(Cc2ccc3nccnc3c2)CC1c1cn2c(C3CCOCC3)ncc2c(=O)[nH]1. The molecule has 2 atom stereocenters. The number of nitrogens with zero attached hydrogens (tertiary/aromatic N) is 5. The van der Waals surface area contributed by atoms with E-state index in [1.165, 1.54) is 5.56 Å². The van der Waals surface area contributed by atoms with Crippen molar-refractivity contribution >= 4 is 16.6 Å². The molecule has 33 heavy (non-hydrogen) atoms. The Morgan fingerprint density at radius 1 is 1.09 bits per heavy atom. The highest BCUT2D eigenvalue weighted by molar-refractivity contribution is 5.74. The molecule has 2 aliphatic heterocycles. The normalized spacial score (nSPS) is 22.5. The number of H-pyrrole nitrogens is 1. The van der Waals surface area contributed by atoms with Gasteiger partial charge in [-0.05, 0) is 36.5 Å². The van der Waals surface area contributed by atoms with Crippen molar-refractivity contribution in [1.29, 1.82) is 0 Å². The summed E-state index contributed by atoms with van der Waals surface area (Å²) < 4.78 is 7.55. The third kappa shape index (κ3) is 3.83. The van der Waals surface area contributed by atoms with Crippen molar-refractivity contribution in [2.45, 2.75) is 38.1 Å². The third-order valence-electron chi connectivity index (χ3n) is 7.20. The molecule has 170 valence electrons. The number of hydrogen-bond donors (Lipinski definition) is 1. The van der Waals surface area contributed by atoms with Crippen LogP contribution in [0.2, 0.25) is 0 Å². The molecule has 4 aromatic rings. The van der Waals surface area contributed by atoms with Crippen molar-refractivity contribution in [1.82, 2.24) is 29.2 Å². The first-order chi connectivity index (χ1) is 16.2. The Bertz CT molecular complexity index is 1360. The first kappa shape index (κ1) is 20.5. The van der Waals surface area contributed by atoms with Crippen molar-refractivity contribution in [3.05, 3.63) is 70.4 Å². The summed E-state index contributed by atoms with van der Waals surface area (Å²) in [6.45, 7) is 6.53. The lowest BCUT2D eigenvalue weighted by Crippen LogP contribution is -2.22. The van der Waals surface area contributed by atoms with Crippen LogP contribution >= 0.6 is 0 Å². The van der Waals surface area contributed by atoms with Crippen molar-refractivity contribution in [3.63, 3.8) is 0 Å². The van der Waals surface area contributed by atoms with Crippen LogP contribution in [0.15, 0.2) is 47.8 Å². The van der Waals surface area contributed by atoms with Crippen LogP contribution in [-0.4, -0.2) is 55.5 Å². The molecule has 0 radical (unpaired) electrons. The molecule has 8 heteroatoms. The molecule has 5 heterocycles. The van der Waals surface area contributed by atoms with E-state index in [0.717, 1.165) is 68.2 Å². The molecule has 6 rings (SSSR count). The van der Waals surface area contributed by atoms with Gasteiger partial charge >= 0.3 is 0 Å². The number of imidazole rings is 1. The summed E-state index contributed by atoms with van der Waals surface area (Å²) >= 11 is 0. The van der Waals surface area contributed by atoms with Crippen LogP contribution in [-0.2, 0) is 11.3 Å². The summed E-state index contributed by atoms with van der Waals surface area (Å²) in [6, 6.07) is 6.30. The Balaban J connectivity index is 1.26. The number of nitrogens with one attached hydrogen (secondary N) is 1. The van der Waals surface area contributed by atoms with Crippen molar-refractivity contribution in [3.8, 4) is 0 Å². The number of fused-ring (bicyclic) bond motifs is 2. The number of aromatic amines is 1. The van der Waals surface area contributed by atoms with Gasteiger partial charge in [-0.15, -0.1) is 0 Å². The molecule has 0 spiro atoms. The van der Waals surface area contributed by atoms with E-state index in [0.29, 0.717) is 17.4 Å². The molecule has 8 nitrogen and oxygen atoms in total. The second-order valence-electron chi connectivity index (χ2n) is 9.45. The smallest absolute Gasteiger partial charge is 0.274 e. The minimum absolute atomic E-state index is 0.0583. The first-order valence-corrected chi connectivity index (χ1v) is 11.8. The third-order valence-corrected chi connectivity index (χ3v) is 7.20.